The third-order valence-corrected chi connectivity index (χ3v) is 5.11. The van der Waals surface area contributed by atoms with E-state index >= 15 is 0 Å². The van der Waals surface area contributed by atoms with E-state index in [1.807, 2.05) is 0 Å². The third kappa shape index (κ3) is 4.24. The Balaban J connectivity index is 6.43. The maximum absolute atomic E-state index is 13.6. The second-order valence-electron chi connectivity index (χ2n) is 5.55. The van der Waals surface area contributed by atoms with Gasteiger partial charge in [0.15, 0.2) is 0 Å². The van der Waals surface area contributed by atoms with Crippen molar-refractivity contribution in [3.8, 4) is 0 Å². The Bertz CT molecular complexity index is 674. The van der Waals surface area contributed by atoms with Crippen LogP contribution < -0.4 is 4.72 Å². The summed E-state index contributed by atoms with van der Waals surface area (Å²) in [6.07, 6.45) is -8.87. The molecule has 0 heterocycles. The Morgan fingerprint density at radius 1 is 0.759 bits per heavy atom. The number of halogens is 13. The van der Waals surface area contributed by atoms with E-state index in [0.29, 0.717) is 4.72 Å². The predicted octanol–water partition coefficient (Wildman–Crippen LogP) is 3.76. The molecule has 0 radical (unpaired) electrons. The second kappa shape index (κ2) is 7.90. The lowest BCUT2D eigenvalue weighted by molar-refractivity contribution is -0.433. The molecule has 176 valence electrons. The number of sulfonamides is 1. The summed E-state index contributed by atoms with van der Waals surface area (Å²) in [7, 11) is -7.06. The molecule has 0 aromatic heterocycles. The summed E-state index contributed by atoms with van der Waals surface area (Å²) in [5, 5.41) is 1.27. The molecule has 0 saturated carbocycles. The van der Waals surface area contributed by atoms with E-state index in [-0.39, 0.29) is 0 Å². The fraction of sp³-hybridized carbons (Fsp3) is 1.00. The Kier molecular flexibility index (Phi) is 7.62. The van der Waals surface area contributed by atoms with Gasteiger partial charge in [0.25, 0.3) is 10.0 Å². The fourth-order valence-corrected chi connectivity index (χ4v) is 3.06. The minimum atomic E-state index is -8.20. The molecule has 18 heteroatoms. The van der Waals surface area contributed by atoms with Gasteiger partial charge in [-0.3, -0.25) is 0 Å². The highest BCUT2D eigenvalue weighted by Crippen LogP contribution is 2.60. The molecule has 1 unspecified atom stereocenters. The first-order valence-electron chi connectivity index (χ1n) is 7.08. The molecular formula is C11H12F13NO3S. The van der Waals surface area contributed by atoms with E-state index in [0.717, 1.165) is 6.92 Å². The summed E-state index contributed by atoms with van der Waals surface area (Å²) in [5.74, 6) is -32.3. The average molecular weight is 485 g/mol. The number of hydrogen-bond donors (Lipinski definition) is 2. The van der Waals surface area contributed by atoms with Crippen molar-refractivity contribution in [1.29, 1.82) is 0 Å². The van der Waals surface area contributed by atoms with Gasteiger partial charge in [-0.1, -0.05) is 6.92 Å². The van der Waals surface area contributed by atoms with Crippen molar-refractivity contribution in [1.82, 2.24) is 4.72 Å². The monoisotopic (exact) mass is 485 g/mol. The van der Waals surface area contributed by atoms with Crippen molar-refractivity contribution < 1.29 is 70.6 Å². The third-order valence-electron chi connectivity index (χ3n) is 3.53. The van der Waals surface area contributed by atoms with Crippen LogP contribution in [0.2, 0.25) is 0 Å². The van der Waals surface area contributed by atoms with Gasteiger partial charge in [0.1, 0.15) is 0 Å². The smallest absolute Gasteiger partial charge is 0.396 e. The van der Waals surface area contributed by atoms with Crippen LogP contribution in [0.25, 0.3) is 0 Å². The first kappa shape index (κ1) is 28.0. The lowest BCUT2D eigenvalue weighted by Crippen LogP contribution is -2.72. The Morgan fingerprint density at radius 2 is 1.14 bits per heavy atom. The zero-order valence-electron chi connectivity index (χ0n) is 13.8. The maximum atomic E-state index is 13.6. The van der Waals surface area contributed by atoms with Crippen LogP contribution in [0.3, 0.4) is 0 Å². The van der Waals surface area contributed by atoms with Crippen LogP contribution in [0.1, 0.15) is 19.8 Å². The number of aliphatic hydroxyl groups excluding tert-OH is 1. The van der Waals surface area contributed by atoms with Crippen LogP contribution in [0.5, 0.6) is 0 Å². The largest absolute Gasteiger partial charge is 0.460 e. The molecule has 2 N–H and O–H groups in total. The fourth-order valence-electron chi connectivity index (χ4n) is 1.72. The van der Waals surface area contributed by atoms with Gasteiger partial charge in [-0.05, 0) is 12.8 Å². The second-order valence-corrected chi connectivity index (χ2v) is 7.31. The standard InChI is InChI=1S/C11H12F13NO3S/c1-2-5(3-4-26)25-29(27,28)11(23,24)9(18,19)7(14,15)6(12,13)8(16,17)10(20,21)22/h5,25-26H,2-4H2,1H3. The molecule has 0 fully saturated rings. The Labute approximate surface area is 154 Å². The molecule has 0 rings (SSSR count). The predicted molar refractivity (Wildman–Crippen MR) is 68.6 cm³/mol. The van der Waals surface area contributed by atoms with Crippen LogP contribution in [-0.4, -0.2) is 61.3 Å². The topological polar surface area (TPSA) is 66.4 Å². The van der Waals surface area contributed by atoms with Crippen LogP contribution in [0.15, 0.2) is 0 Å². The van der Waals surface area contributed by atoms with Gasteiger partial charge in [-0.25, -0.2) is 13.1 Å². The van der Waals surface area contributed by atoms with Crippen molar-refractivity contribution in [2.75, 3.05) is 6.61 Å². The number of rotatable bonds is 10. The highest BCUT2D eigenvalue weighted by Gasteiger charge is 2.92. The molecule has 0 aliphatic carbocycles. The zero-order valence-corrected chi connectivity index (χ0v) is 14.6. The Morgan fingerprint density at radius 3 is 1.45 bits per heavy atom. The normalized spacial score (nSPS) is 16.8. The highest BCUT2D eigenvalue weighted by atomic mass is 32.2. The van der Waals surface area contributed by atoms with E-state index in [9.17, 15) is 65.5 Å². The molecule has 0 saturated heterocycles. The molecule has 1 atom stereocenters. The maximum Gasteiger partial charge on any atom is 0.460 e. The molecule has 0 aromatic carbocycles. The zero-order chi connectivity index (χ0) is 23.9. The van der Waals surface area contributed by atoms with E-state index in [1.165, 1.54) is 0 Å². The molecule has 0 aliphatic rings. The van der Waals surface area contributed by atoms with Crippen molar-refractivity contribution in [2.45, 2.75) is 60.9 Å². The van der Waals surface area contributed by atoms with Crippen molar-refractivity contribution >= 4 is 10.0 Å². The van der Waals surface area contributed by atoms with Crippen LogP contribution in [0.4, 0.5) is 57.1 Å². The molecule has 0 spiro atoms. The number of alkyl halides is 13. The van der Waals surface area contributed by atoms with Gasteiger partial charge in [-0.2, -0.15) is 57.1 Å². The number of nitrogens with one attached hydrogen (secondary N) is 1. The molecule has 29 heavy (non-hydrogen) atoms. The van der Waals surface area contributed by atoms with Gasteiger partial charge >= 0.3 is 35.1 Å². The van der Waals surface area contributed by atoms with Gasteiger partial charge in [-0.15, -0.1) is 0 Å². The summed E-state index contributed by atoms with van der Waals surface area (Å²) in [5.41, 5.74) is 0. The molecular weight excluding hydrogens is 473 g/mol. The average Bonchev–Trinajstić information content (AvgIpc) is 2.52. The van der Waals surface area contributed by atoms with Gasteiger partial charge in [0.05, 0.1) is 0 Å². The van der Waals surface area contributed by atoms with Crippen molar-refractivity contribution in [2.24, 2.45) is 0 Å². The number of hydrogen-bond acceptors (Lipinski definition) is 3. The van der Waals surface area contributed by atoms with E-state index in [4.69, 9.17) is 5.11 Å². The van der Waals surface area contributed by atoms with E-state index < -0.39 is 70.6 Å². The molecule has 0 aliphatic heterocycles. The first-order chi connectivity index (χ1) is 12.5. The van der Waals surface area contributed by atoms with E-state index in [1.54, 1.807) is 0 Å². The van der Waals surface area contributed by atoms with Crippen LogP contribution in [0, 0.1) is 0 Å². The lowest BCUT2D eigenvalue weighted by atomic mass is 9.98. The molecule has 0 bridgehead atoms. The summed E-state index contributed by atoms with van der Waals surface area (Å²) < 4.78 is 191. The molecule has 0 aromatic rings. The lowest BCUT2D eigenvalue weighted by Gasteiger charge is -2.39. The molecule has 0 amide bonds. The van der Waals surface area contributed by atoms with Gasteiger partial charge in [0, 0.05) is 12.6 Å². The van der Waals surface area contributed by atoms with E-state index in [2.05, 4.69) is 0 Å². The van der Waals surface area contributed by atoms with Crippen LogP contribution >= 0.6 is 0 Å². The highest BCUT2D eigenvalue weighted by molar-refractivity contribution is 7.90. The van der Waals surface area contributed by atoms with Crippen molar-refractivity contribution in [3.05, 3.63) is 0 Å². The van der Waals surface area contributed by atoms with Crippen LogP contribution in [-0.2, 0) is 10.0 Å². The summed E-state index contributed by atoms with van der Waals surface area (Å²) in [6.45, 7) is 0.0702. The first-order valence-corrected chi connectivity index (χ1v) is 8.56. The Hall–Kier alpha value is -1.04. The van der Waals surface area contributed by atoms with Crippen molar-refractivity contribution in [3.63, 3.8) is 0 Å². The minimum absolute atomic E-state index is 0.528. The summed E-state index contributed by atoms with van der Waals surface area (Å²) >= 11 is 0. The number of aliphatic hydroxyl groups is 1. The van der Waals surface area contributed by atoms with Gasteiger partial charge < -0.3 is 5.11 Å². The summed E-state index contributed by atoms with van der Waals surface area (Å²) in [4.78, 5) is 0. The molecule has 4 nitrogen and oxygen atoms in total. The quantitative estimate of drug-likeness (QED) is 0.464. The minimum Gasteiger partial charge on any atom is -0.396 e. The van der Waals surface area contributed by atoms with Gasteiger partial charge in [0.2, 0.25) is 0 Å². The SMILES string of the molecule is CCC(CCO)NS(=O)(=O)C(F)(F)C(F)(F)C(F)(F)C(F)(F)C(F)(F)C(F)(F)F. The summed E-state index contributed by atoms with van der Waals surface area (Å²) in [6, 6.07) is -1.82.